The number of anilines is 1. The Morgan fingerprint density at radius 3 is 2.77 bits per heavy atom. The number of benzene rings is 1. The first-order valence-corrected chi connectivity index (χ1v) is 10.9. The van der Waals surface area contributed by atoms with Crippen LogP contribution >= 0.6 is 0 Å². The zero-order valence-electron chi connectivity index (χ0n) is 17.8. The number of carboxylic acid groups (broad SMARTS) is 1. The zero-order chi connectivity index (χ0) is 22.2. The van der Waals surface area contributed by atoms with Crippen LogP contribution in [0, 0.1) is 5.92 Å². The molecule has 31 heavy (non-hydrogen) atoms. The van der Waals surface area contributed by atoms with E-state index in [-0.39, 0.29) is 13.2 Å². The van der Waals surface area contributed by atoms with Crippen LogP contribution in [0.25, 0.3) is 0 Å². The van der Waals surface area contributed by atoms with Crippen molar-refractivity contribution in [3.8, 4) is 5.75 Å². The summed E-state index contributed by atoms with van der Waals surface area (Å²) < 4.78 is 11.0. The number of fused-ring (bicyclic) bond motifs is 1. The minimum atomic E-state index is -1.13. The summed E-state index contributed by atoms with van der Waals surface area (Å²) in [5.74, 6) is -1.02. The van der Waals surface area contributed by atoms with E-state index in [9.17, 15) is 19.5 Å². The van der Waals surface area contributed by atoms with Crippen LogP contribution in [0.15, 0.2) is 24.3 Å². The van der Waals surface area contributed by atoms with Crippen molar-refractivity contribution in [1.29, 1.82) is 0 Å². The van der Waals surface area contributed by atoms with E-state index >= 15 is 0 Å². The largest absolute Gasteiger partial charge is 0.489 e. The summed E-state index contributed by atoms with van der Waals surface area (Å²) >= 11 is 0. The van der Waals surface area contributed by atoms with Crippen LogP contribution in [-0.2, 0) is 19.1 Å². The second kappa shape index (κ2) is 11.1. The molecule has 9 heteroatoms. The van der Waals surface area contributed by atoms with Crippen molar-refractivity contribution in [1.82, 2.24) is 10.6 Å². The lowest BCUT2D eigenvalue weighted by molar-refractivity contribution is -0.146. The maximum absolute atomic E-state index is 13.2. The summed E-state index contributed by atoms with van der Waals surface area (Å²) in [7, 11) is 0. The SMILES string of the molecule is CCOC(=O)[C@H](CCC1CCNCC1)NC1COc2ccccc2N(CC(=O)O)C1=O. The van der Waals surface area contributed by atoms with Crippen molar-refractivity contribution in [3.05, 3.63) is 24.3 Å². The van der Waals surface area contributed by atoms with Crippen molar-refractivity contribution in [3.63, 3.8) is 0 Å². The number of esters is 1. The fourth-order valence-corrected chi connectivity index (χ4v) is 4.10. The van der Waals surface area contributed by atoms with Gasteiger partial charge in [0.15, 0.2) is 0 Å². The molecule has 1 amide bonds. The first-order valence-electron chi connectivity index (χ1n) is 10.9. The van der Waals surface area contributed by atoms with Gasteiger partial charge in [0.1, 0.15) is 31.0 Å². The standard InChI is InChI=1S/C22H31N3O6/c1-2-30-22(29)16(8-7-15-9-11-23-12-10-15)24-17-14-31-19-6-4-3-5-18(19)25(21(17)28)13-20(26)27/h3-6,15-17,23-24H,2,7-14H2,1H3,(H,26,27)/t16-,17?/m0/s1. The Morgan fingerprint density at radius 1 is 1.32 bits per heavy atom. The van der Waals surface area contributed by atoms with Gasteiger partial charge >= 0.3 is 11.9 Å². The van der Waals surface area contributed by atoms with Crippen LogP contribution in [0.2, 0.25) is 0 Å². The highest BCUT2D eigenvalue weighted by Crippen LogP contribution is 2.31. The Bertz CT molecular complexity index is 780. The third kappa shape index (κ3) is 6.18. The van der Waals surface area contributed by atoms with Gasteiger partial charge in [-0.25, -0.2) is 0 Å². The number of carbonyl (C=O) groups is 3. The van der Waals surface area contributed by atoms with Crippen molar-refractivity contribution < 1.29 is 29.0 Å². The highest BCUT2D eigenvalue weighted by atomic mass is 16.5. The molecule has 3 rings (SSSR count). The average Bonchev–Trinajstić information content (AvgIpc) is 2.89. The summed E-state index contributed by atoms with van der Waals surface area (Å²) in [6.07, 6.45) is 3.50. The molecule has 9 nitrogen and oxygen atoms in total. The fraction of sp³-hybridized carbons (Fsp3) is 0.591. The average molecular weight is 434 g/mol. The van der Waals surface area contributed by atoms with Crippen molar-refractivity contribution >= 4 is 23.5 Å². The molecule has 0 bridgehead atoms. The number of amides is 1. The minimum absolute atomic E-state index is 0.00474. The zero-order valence-corrected chi connectivity index (χ0v) is 17.8. The summed E-state index contributed by atoms with van der Waals surface area (Å²) in [6, 6.07) is 5.29. The number of hydrogen-bond donors (Lipinski definition) is 3. The van der Waals surface area contributed by atoms with Gasteiger partial charge in [0.2, 0.25) is 5.91 Å². The number of nitrogens with zero attached hydrogens (tertiary/aromatic N) is 1. The molecule has 0 radical (unpaired) electrons. The lowest BCUT2D eigenvalue weighted by Gasteiger charge is -2.28. The van der Waals surface area contributed by atoms with Gasteiger partial charge in [-0.3, -0.25) is 24.6 Å². The van der Waals surface area contributed by atoms with Crippen molar-refractivity contribution in [2.45, 2.75) is 44.7 Å². The molecular weight excluding hydrogens is 402 g/mol. The van der Waals surface area contributed by atoms with E-state index in [1.807, 2.05) is 0 Å². The van der Waals surface area contributed by atoms with E-state index < -0.39 is 36.5 Å². The molecule has 1 unspecified atom stereocenters. The minimum Gasteiger partial charge on any atom is -0.489 e. The summed E-state index contributed by atoms with van der Waals surface area (Å²) in [6.45, 7) is 3.44. The number of nitrogens with one attached hydrogen (secondary N) is 2. The normalized spacial score (nSPS) is 20.4. The molecule has 0 aliphatic carbocycles. The number of aliphatic carboxylic acids is 1. The third-order valence-corrected chi connectivity index (χ3v) is 5.71. The topological polar surface area (TPSA) is 117 Å². The van der Waals surface area contributed by atoms with E-state index in [1.165, 1.54) is 4.90 Å². The van der Waals surface area contributed by atoms with E-state index in [0.717, 1.165) is 32.4 Å². The van der Waals surface area contributed by atoms with Gasteiger partial charge in [-0.1, -0.05) is 12.1 Å². The summed E-state index contributed by atoms with van der Waals surface area (Å²) in [5.41, 5.74) is 0.404. The molecule has 1 aromatic rings. The Morgan fingerprint density at radius 2 is 2.06 bits per heavy atom. The Balaban J connectivity index is 1.74. The van der Waals surface area contributed by atoms with E-state index in [0.29, 0.717) is 23.8 Å². The number of rotatable bonds is 9. The predicted molar refractivity (Wildman–Crippen MR) is 114 cm³/mol. The number of carbonyl (C=O) groups excluding carboxylic acids is 2. The predicted octanol–water partition coefficient (Wildman–Crippen LogP) is 1.17. The number of ether oxygens (including phenoxy) is 2. The van der Waals surface area contributed by atoms with Gasteiger partial charge in [-0.05, 0) is 63.7 Å². The Kier molecular flexibility index (Phi) is 8.25. The molecule has 1 fully saturated rings. The van der Waals surface area contributed by atoms with Gasteiger partial charge < -0.3 is 19.9 Å². The molecule has 0 spiro atoms. The molecular formula is C22H31N3O6. The Hall–Kier alpha value is -2.65. The third-order valence-electron chi connectivity index (χ3n) is 5.71. The number of hydrogen-bond acceptors (Lipinski definition) is 7. The van der Waals surface area contributed by atoms with Crippen LogP contribution < -0.4 is 20.3 Å². The summed E-state index contributed by atoms with van der Waals surface area (Å²) in [4.78, 5) is 38.4. The van der Waals surface area contributed by atoms with E-state index in [1.54, 1.807) is 31.2 Å². The van der Waals surface area contributed by atoms with Crippen LogP contribution in [0.4, 0.5) is 5.69 Å². The van der Waals surface area contributed by atoms with Gasteiger partial charge in [0.25, 0.3) is 0 Å². The quantitative estimate of drug-likeness (QED) is 0.497. The molecule has 0 aromatic heterocycles. The maximum Gasteiger partial charge on any atom is 0.323 e. The molecule has 170 valence electrons. The first kappa shape index (κ1) is 23.0. The molecule has 0 saturated carbocycles. The first-order chi connectivity index (χ1) is 15.0. The monoisotopic (exact) mass is 433 g/mol. The van der Waals surface area contributed by atoms with Gasteiger partial charge in [0.05, 0.1) is 12.3 Å². The second-order valence-corrected chi connectivity index (χ2v) is 7.89. The molecule has 2 aliphatic heterocycles. The summed E-state index contributed by atoms with van der Waals surface area (Å²) in [5, 5.41) is 15.8. The Labute approximate surface area is 182 Å². The highest BCUT2D eigenvalue weighted by molar-refractivity contribution is 6.02. The van der Waals surface area contributed by atoms with Gasteiger partial charge in [-0.2, -0.15) is 0 Å². The number of carboxylic acids is 1. The smallest absolute Gasteiger partial charge is 0.323 e. The molecule has 2 aliphatic rings. The molecule has 3 N–H and O–H groups in total. The van der Waals surface area contributed by atoms with Crippen LogP contribution in [0.1, 0.15) is 32.6 Å². The molecule has 2 atom stereocenters. The lowest BCUT2D eigenvalue weighted by Crippen LogP contribution is -2.55. The number of para-hydroxylation sites is 2. The molecule has 1 saturated heterocycles. The van der Waals surface area contributed by atoms with Gasteiger partial charge in [-0.15, -0.1) is 0 Å². The van der Waals surface area contributed by atoms with Crippen LogP contribution in [-0.4, -0.2) is 67.9 Å². The molecule has 2 heterocycles. The van der Waals surface area contributed by atoms with Crippen LogP contribution in [0.5, 0.6) is 5.75 Å². The fourth-order valence-electron chi connectivity index (χ4n) is 4.10. The molecule has 1 aromatic carbocycles. The van der Waals surface area contributed by atoms with Gasteiger partial charge in [0, 0.05) is 0 Å². The highest BCUT2D eigenvalue weighted by Gasteiger charge is 2.35. The number of piperidine rings is 1. The lowest BCUT2D eigenvalue weighted by atomic mass is 9.91. The van der Waals surface area contributed by atoms with E-state index in [2.05, 4.69) is 10.6 Å². The van der Waals surface area contributed by atoms with Crippen molar-refractivity contribution in [2.75, 3.05) is 37.7 Å². The van der Waals surface area contributed by atoms with E-state index in [4.69, 9.17) is 9.47 Å². The van der Waals surface area contributed by atoms with Crippen LogP contribution in [0.3, 0.4) is 0 Å². The second-order valence-electron chi connectivity index (χ2n) is 7.89. The van der Waals surface area contributed by atoms with Crippen molar-refractivity contribution in [2.24, 2.45) is 5.92 Å². The maximum atomic E-state index is 13.2.